The van der Waals surface area contributed by atoms with Crippen LogP contribution in [0, 0.1) is 5.82 Å². The second-order valence-electron chi connectivity index (χ2n) is 3.46. The van der Waals surface area contributed by atoms with Crippen LogP contribution >= 0.6 is 11.8 Å². The molecule has 0 aliphatic heterocycles. The Hall–Kier alpha value is -0.830. The third-order valence-electron chi connectivity index (χ3n) is 2.01. The van der Waals surface area contributed by atoms with Crippen LogP contribution in [0.5, 0.6) is 0 Å². The summed E-state index contributed by atoms with van der Waals surface area (Å²) >= 11 is 1.70. The number of hydrogen-bond acceptors (Lipinski definition) is 2. The van der Waals surface area contributed by atoms with E-state index in [9.17, 15) is 9.18 Å². The Labute approximate surface area is 94.1 Å². The summed E-state index contributed by atoms with van der Waals surface area (Å²) in [6.45, 7) is 1.62. The maximum atomic E-state index is 12.6. The van der Waals surface area contributed by atoms with Crippen molar-refractivity contribution in [3.8, 4) is 0 Å². The Morgan fingerprint density at radius 3 is 2.53 bits per heavy atom. The van der Waals surface area contributed by atoms with Crippen molar-refractivity contribution in [2.45, 2.75) is 31.1 Å². The predicted molar refractivity (Wildman–Crippen MR) is 61.7 cm³/mol. The van der Waals surface area contributed by atoms with E-state index in [1.165, 1.54) is 12.1 Å². The third kappa shape index (κ3) is 5.57. The Kier molecular flexibility index (Phi) is 5.40. The number of thioether (sulfide) groups is 1. The summed E-state index contributed by atoms with van der Waals surface area (Å²) in [5.74, 6) is 1.04. The number of ketones is 1. The number of halogens is 1. The highest BCUT2D eigenvalue weighted by Crippen LogP contribution is 2.19. The third-order valence-corrected chi connectivity index (χ3v) is 3.10. The zero-order chi connectivity index (χ0) is 11.1. The molecule has 0 radical (unpaired) electrons. The lowest BCUT2D eigenvalue weighted by Gasteiger charge is -2.00. The summed E-state index contributed by atoms with van der Waals surface area (Å²) in [7, 11) is 0. The molecule has 0 fully saturated rings. The molecule has 1 nitrogen and oxygen atoms in total. The van der Waals surface area contributed by atoms with E-state index < -0.39 is 0 Å². The molecule has 1 aromatic carbocycles. The molecule has 15 heavy (non-hydrogen) atoms. The fourth-order valence-corrected chi connectivity index (χ4v) is 2.11. The lowest BCUT2D eigenvalue weighted by molar-refractivity contribution is -0.117. The zero-order valence-corrected chi connectivity index (χ0v) is 9.65. The van der Waals surface area contributed by atoms with E-state index in [2.05, 4.69) is 0 Å². The minimum absolute atomic E-state index is 0.198. The molecule has 0 saturated heterocycles. The highest BCUT2D eigenvalue weighted by atomic mass is 32.2. The summed E-state index contributed by atoms with van der Waals surface area (Å²) < 4.78 is 12.6. The van der Waals surface area contributed by atoms with Crippen molar-refractivity contribution in [2.24, 2.45) is 0 Å². The van der Waals surface area contributed by atoms with E-state index in [0.29, 0.717) is 6.42 Å². The van der Waals surface area contributed by atoms with E-state index >= 15 is 0 Å². The molecule has 0 unspecified atom stereocenters. The predicted octanol–water partition coefficient (Wildman–Crippen LogP) is 3.68. The van der Waals surface area contributed by atoms with Crippen molar-refractivity contribution in [1.29, 1.82) is 0 Å². The van der Waals surface area contributed by atoms with Gasteiger partial charge in [0.05, 0.1) is 0 Å². The molecule has 0 spiro atoms. The van der Waals surface area contributed by atoms with E-state index in [-0.39, 0.29) is 11.6 Å². The van der Waals surface area contributed by atoms with Gasteiger partial charge in [-0.1, -0.05) is 0 Å². The SMILES string of the molecule is CC(=O)CCCCSc1ccc(F)cc1. The van der Waals surface area contributed by atoms with Gasteiger partial charge in [-0.3, -0.25) is 0 Å². The van der Waals surface area contributed by atoms with Gasteiger partial charge in [0.1, 0.15) is 11.6 Å². The topological polar surface area (TPSA) is 17.1 Å². The van der Waals surface area contributed by atoms with Crippen molar-refractivity contribution in [1.82, 2.24) is 0 Å². The van der Waals surface area contributed by atoms with Crippen LogP contribution in [0.1, 0.15) is 26.2 Å². The fourth-order valence-electron chi connectivity index (χ4n) is 1.20. The summed E-state index contributed by atoms with van der Waals surface area (Å²) in [6, 6.07) is 6.51. The number of carbonyl (C=O) groups is 1. The Bertz CT molecular complexity index is 308. The van der Waals surface area contributed by atoms with Crippen molar-refractivity contribution >= 4 is 17.5 Å². The van der Waals surface area contributed by atoms with Crippen LogP contribution in [0.4, 0.5) is 4.39 Å². The number of carbonyl (C=O) groups excluding carboxylic acids is 1. The van der Waals surface area contributed by atoms with Crippen molar-refractivity contribution in [2.75, 3.05) is 5.75 Å². The van der Waals surface area contributed by atoms with Crippen LogP contribution < -0.4 is 0 Å². The molecule has 0 aliphatic rings. The number of rotatable bonds is 6. The fraction of sp³-hybridized carbons (Fsp3) is 0.417. The van der Waals surface area contributed by atoms with Gasteiger partial charge < -0.3 is 4.79 Å². The second-order valence-corrected chi connectivity index (χ2v) is 4.63. The monoisotopic (exact) mass is 226 g/mol. The average molecular weight is 226 g/mol. The molecule has 0 heterocycles. The van der Waals surface area contributed by atoms with E-state index in [4.69, 9.17) is 0 Å². The Morgan fingerprint density at radius 1 is 1.27 bits per heavy atom. The average Bonchev–Trinajstić information content (AvgIpc) is 2.20. The molecular weight excluding hydrogens is 211 g/mol. The molecular formula is C12H15FOS. The maximum absolute atomic E-state index is 12.6. The summed E-state index contributed by atoms with van der Waals surface area (Å²) in [5, 5.41) is 0. The number of hydrogen-bond donors (Lipinski definition) is 0. The number of benzene rings is 1. The molecule has 82 valence electrons. The van der Waals surface area contributed by atoms with Crippen LogP contribution in [-0.2, 0) is 4.79 Å². The van der Waals surface area contributed by atoms with E-state index in [0.717, 1.165) is 23.5 Å². The lowest BCUT2D eigenvalue weighted by atomic mass is 10.2. The molecule has 0 aliphatic carbocycles. The van der Waals surface area contributed by atoms with E-state index in [1.54, 1.807) is 30.8 Å². The van der Waals surface area contributed by atoms with Gasteiger partial charge in [-0.05, 0) is 49.8 Å². The first kappa shape index (κ1) is 12.2. The van der Waals surface area contributed by atoms with Gasteiger partial charge in [0.2, 0.25) is 0 Å². The van der Waals surface area contributed by atoms with Gasteiger partial charge in [-0.2, -0.15) is 0 Å². The van der Waals surface area contributed by atoms with Gasteiger partial charge in [-0.15, -0.1) is 11.8 Å². The molecule has 1 rings (SSSR count). The first-order chi connectivity index (χ1) is 7.18. The molecule has 0 atom stereocenters. The minimum Gasteiger partial charge on any atom is -0.300 e. The molecule has 0 amide bonds. The summed E-state index contributed by atoms with van der Waals surface area (Å²) in [6.07, 6.45) is 2.65. The number of Topliss-reactive ketones (excluding diaryl/α,β-unsaturated/α-hetero) is 1. The highest BCUT2D eigenvalue weighted by Gasteiger charge is 1.96. The molecule has 0 bridgehead atoms. The summed E-state index contributed by atoms with van der Waals surface area (Å²) in [4.78, 5) is 11.7. The van der Waals surface area contributed by atoms with Gasteiger partial charge in [0.25, 0.3) is 0 Å². The molecule has 0 aromatic heterocycles. The van der Waals surface area contributed by atoms with Gasteiger partial charge in [0, 0.05) is 11.3 Å². The quantitative estimate of drug-likeness (QED) is 0.543. The van der Waals surface area contributed by atoms with Crippen LogP contribution in [0.25, 0.3) is 0 Å². The van der Waals surface area contributed by atoms with E-state index in [1.807, 2.05) is 0 Å². The molecule has 3 heteroatoms. The van der Waals surface area contributed by atoms with Crippen LogP contribution in [0.15, 0.2) is 29.2 Å². The molecule has 0 saturated carbocycles. The second kappa shape index (κ2) is 6.62. The summed E-state index contributed by atoms with van der Waals surface area (Å²) in [5.41, 5.74) is 0. The highest BCUT2D eigenvalue weighted by molar-refractivity contribution is 7.99. The van der Waals surface area contributed by atoms with Crippen LogP contribution in [-0.4, -0.2) is 11.5 Å². The minimum atomic E-state index is -0.198. The first-order valence-corrected chi connectivity index (χ1v) is 6.05. The zero-order valence-electron chi connectivity index (χ0n) is 8.83. The Morgan fingerprint density at radius 2 is 1.93 bits per heavy atom. The van der Waals surface area contributed by atoms with Crippen molar-refractivity contribution < 1.29 is 9.18 Å². The van der Waals surface area contributed by atoms with Gasteiger partial charge >= 0.3 is 0 Å². The Balaban J connectivity index is 2.15. The lowest BCUT2D eigenvalue weighted by Crippen LogP contribution is -1.90. The standard InChI is InChI=1S/C12H15FOS/c1-10(14)4-2-3-9-15-12-7-5-11(13)6-8-12/h5-8H,2-4,9H2,1H3. The maximum Gasteiger partial charge on any atom is 0.129 e. The van der Waals surface area contributed by atoms with Crippen LogP contribution in [0.3, 0.4) is 0 Å². The smallest absolute Gasteiger partial charge is 0.129 e. The largest absolute Gasteiger partial charge is 0.300 e. The molecule has 1 aromatic rings. The molecule has 0 N–H and O–H groups in total. The first-order valence-electron chi connectivity index (χ1n) is 5.06. The van der Waals surface area contributed by atoms with Gasteiger partial charge in [0.15, 0.2) is 0 Å². The number of unbranched alkanes of at least 4 members (excludes halogenated alkanes) is 1. The van der Waals surface area contributed by atoms with Gasteiger partial charge in [-0.25, -0.2) is 4.39 Å². The van der Waals surface area contributed by atoms with Crippen LogP contribution in [0.2, 0.25) is 0 Å². The van der Waals surface area contributed by atoms with Crippen molar-refractivity contribution in [3.63, 3.8) is 0 Å². The van der Waals surface area contributed by atoms with Crippen molar-refractivity contribution in [3.05, 3.63) is 30.1 Å². The normalized spacial score (nSPS) is 10.3.